The molecule has 0 saturated heterocycles. The third-order valence-electron chi connectivity index (χ3n) is 7.13. The summed E-state index contributed by atoms with van der Waals surface area (Å²) in [6, 6.07) is 29.5. The maximum absolute atomic E-state index is 11.4. The molecular weight excluding hydrogens is 805 g/mol. The van der Waals surface area contributed by atoms with Crippen LogP contribution in [0, 0.1) is 0 Å². The van der Waals surface area contributed by atoms with Crippen molar-refractivity contribution in [2.24, 2.45) is 5.84 Å². The summed E-state index contributed by atoms with van der Waals surface area (Å²) in [7, 11) is -1.01. The van der Waals surface area contributed by atoms with Gasteiger partial charge in [-0.15, -0.1) is 0 Å². The third-order valence-corrected chi connectivity index (χ3v) is 8.13. The molecule has 54 heavy (non-hydrogen) atoms. The zero-order valence-electron chi connectivity index (χ0n) is 30.1. The van der Waals surface area contributed by atoms with E-state index in [4.69, 9.17) is 43.8 Å². The van der Waals surface area contributed by atoms with E-state index in [1.165, 1.54) is 18.2 Å². The molecule has 0 radical (unpaired) electrons. The maximum atomic E-state index is 11.4. The van der Waals surface area contributed by atoms with Crippen molar-refractivity contribution >= 4 is 70.7 Å². The zero-order valence-corrected chi connectivity index (χ0v) is 33.2. The lowest BCUT2D eigenvalue weighted by Gasteiger charge is -2.25. The predicted molar refractivity (Wildman–Crippen MR) is 215 cm³/mol. The molecule has 4 aromatic rings. The third kappa shape index (κ3) is 18.3. The smallest absolute Gasteiger partial charge is 0.467 e. The van der Waals surface area contributed by atoms with Gasteiger partial charge in [0.15, 0.2) is 12.2 Å². The van der Waals surface area contributed by atoms with Gasteiger partial charge in [0.25, 0.3) is 0 Å². The summed E-state index contributed by atoms with van der Waals surface area (Å²) in [6.07, 6.45) is -2.53. The highest BCUT2D eigenvalue weighted by molar-refractivity contribution is 9.10. The molecule has 4 rings (SSSR count). The monoisotopic (exact) mass is 848 g/mol. The number of halogens is 3. The topological polar surface area (TPSA) is 198 Å². The number of nitrogens with one attached hydrogen (secondary N) is 1. The fourth-order valence-electron chi connectivity index (χ4n) is 4.63. The molecule has 0 aliphatic rings. The number of methoxy groups -OCH3 is 1. The van der Waals surface area contributed by atoms with Gasteiger partial charge in [-0.05, 0) is 77.9 Å². The summed E-state index contributed by atoms with van der Waals surface area (Å²) in [5.41, 5.74) is 4.44. The van der Waals surface area contributed by atoms with E-state index in [-0.39, 0.29) is 19.7 Å². The number of benzene rings is 4. The van der Waals surface area contributed by atoms with Crippen LogP contribution in [0.3, 0.4) is 0 Å². The average molecular weight is 850 g/mol. The van der Waals surface area contributed by atoms with Crippen LogP contribution in [0.25, 0.3) is 11.1 Å². The lowest BCUT2D eigenvalue weighted by molar-refractivity contribution is -0.154. The van der Waals surface area contributed by atoms with Gasteiger partial charge in [-0.2, -0.15) is 0 Å². The predicted octanol–water partition coefficient (Wildman–Crippen LogP) is 3.03. The van der Waals surface area contributed by atoms with E-state index in [0.717, 1.165) is 26.7 Å². The quantitative estimate of drug-likeness (QED) is 0.0400. The number of nitrogens with two attached hydrogens (primary N) is 1. The number of carbonyl (C=O) groups is 2. The molecule has 0 aliphatic heterocycles. The Hall–Kier alpha value is -3.35. The summed E-state index contributed by atoms with van der Waals surface area (Å²) in [4.78, 5) is 22.6. The van der Waals surface area contributed by atoms with Crippen molar-refractivity contribution in [3.8, 4) is 11.1 Å². The molecule has 8 N–H and O–H groups in total. The molecule has 4 aromatic carbocycles. The molecule has 2 atom stereocenters. The van der Waals surface area contributed by atoms with E-state index < -0.39 is 38.3 Å². The van der Waals surface area contributed by atoms with Gasteiger partial charge in [0.05, 0.1) is 20.3 Å². The minimum atomic E-state index is -1.43. The lowest BCUT2D eigenvalue weighted by Crippen LogP contribution is -2.50. The standard InChI is InChI=1S/C18H21ClN2O3.C12H18BBrN2O4.C6H6BClO2/c1-2-24-18(23)17(22)12-21(20)11-13-6-8-14(9-7-13)15-4-3-5-16(19)10-15;1-13(19)15-16(8-11(17)12(18)20-2)7-9-3-5-10(14)6-4-9;8-6-3-1-2-5(4-6)7(9)10/h3-10,17,22H,2,11-12,20H2,1H3;3-6,11,15,17,19H,7-8H2,1-2H3;1-4,9-10H/t17-;11-;/m11./s1. The second-order valence-electron chi connectivity index (χ2n) is 11.7. The van der Waals surface area contributed by atoms with Gasteiger partial charge in [0, 0.05) is 34.2 Å². The Morgan fingerprint density at radius 1 is 0.815 bits per heavy atom. The van der Waals surface area contributed by atoms with E-state index in [0.29, 0.717) is 28.6 Å². The van der Waals surface area contributed by atoms with Crippen LogP contribution in [0.5, 0.6) is 0 Å². The fourth-order valence-corrected chi connectivity index (χ4v) is 5.28. The van der Waals surface area contributed by atoms with Crippen LogP contribution in [0.15, 0.2) is 102 Å². The number of rotatable bonds is 15. The Labute approximate surface area is 334 Å². The molecule has 0 aliphatic carbocycles. The van der Waals surface area contributed by atoms with Gasteiger partial charge < -0.3 is 34.8 Å². The second-order valence-corrected chi connectivity index (χ2v) is 13.5. The Balaban J connectivity index is 0.000000302. The van der Waals surface area contributed by atoms with Gasteiger partial charge in [0.2, 0.25) is 0 Å². The Morgan fingerprint density at radius 3 is 1.89 bits per heavy atom. The second kappa shape index (κ2) is 24.9. The number of hydrogen-bond acceptors (Lipinski definition) is 13. The number of aliphatic hydroxyl groups is 2. The summed E-state index contributed by atoms with van der Waals surface area (Å²) >= 11 is 14.9. The molecular formula is C36H45B2BrCl2N4O9. The van der Waals surface area contributed by atoms with Gasteiger partial charge in [-0.1, -0.05) is 99.8 Å². The largest absolute Gasteiger partial charge is 0.488 e. The Kier molecular flexibility index (Phi) is 21.6. The molecule has 0 saturated carbocycles. The highest BCUT2D eigenvalue weighted by Gasteiger charge is 2.22. The molecule has 0 aromatic heterocycles. The molecule has 0 amide bonds. The van der Waals surface area contributed by atoms with Gasteiger partial charge in [-0.25, -0.2) is 19.6 Å². The number of aliphatic hydroxyl groups excluding tert-OH is 2. The first kappa shape index (κ1) is 46.8. The van der Waals surface area contributed by atoms with E-state index in [1.807, 2.05) is 72.8 Å². The SMILES string of the molecule is CCOC(=O)[C@H](O)CN(N)Cc1ccc(-c2cccc(Cl)c2)cc1.COC(=O)[C@H](O)CN(Cc1ccc(Br)cc1)NB(C)O.OB(O)c1cccc(Cl)c1. The van der Waals surface area contributed by atoms with Crippen LogP contribution in [0.2, 0.25) is 16.9 Å². The number of hydrogen-bond donors (Lipinski definition) is 7. The highest BCUT2D eigenvalue weighted by Crippen LogP contribution is 2.23. The average Bonchev–Trinajstić information content (AvgIpc) is 3.12. The molecule has 0 fully saturated rings. The van der Waals surface area contributed by atoms with Crippen LogP contribution < -0.4 is 16.6 Å². The number of carbonyl (C=O) groups excluding carboxylic acids is 2. The molecule has 0 unspecified atom stereocenters. The van der Waals surface area contributed by atoms with Gasteiger partial charge >= 0.3 is 26.1 Å². The Morgan fingerprint density at radius 2 is 1.37 bits per heavy atom. The first-order valence-corrected chi connectivity index (χ1v) is 18.2. The molecule has 0 heterocycles. The van der Waals surface area contributed by atoms with E-state index >= 15 is 0 Å². The van der Waals surface area contributed by atoms with Crippen molar-refractivity contribution in [2.45, 2.75) is 39.0 Å². The van der Waals surface area contributed by atoms with E-state index in [9.17, 15) is 24.8 Å². The molecule has 290 valence electrons. The number of nitrogens with zero attached hydrogens (tertiary/aromatic N) is 2. The first-order chi connectivity index (χ1) is 25.6. The maximum Gasteiger partial charge on any atom is 0.488 e. The van der Waals surface area contributed by atoms with E-state index in [1.54, 1.807) is 37.0 Å². The van der Waals surface area contributed by atoms with Crippen LogP contribution in [0.4, 0.5) is 0 Å². The normalized spacial score (nSPS) is 11.7. The van der Waals surface area contributed by atoms with Crippen LogP contribution in [-0.4, -0.2) is 100 Å². The Bertz CT molecular complexity index is 1710. The summed E-state index contributed by atoms with van der Waals surface area (Å²) < 4.78 is 10.2. The summed E-state index contributed by atoms with van der Waals surface area (Å²) in [5.74, 6) is 4.49. The molecule has 0 spiro atoms. The van der Waals surface area contributed by atoms with Crippen molar-refractivity contribution in [3.05, 3.63) is 123 Å². The summed E-state index contributed by atoms with van der Waals surface area (Å²) in [5, 5.41) is 53.0. The van der Waals surface area contributed by atoms with E-state index in [2.05, 4.69) is 26.0 Å². The number of ether oxygens (including phenoxy) is 2. The van der Waals surface area contributed by atoms with Crippen LogP contribution >= 0.6 is 39.1 Å². The minimum Gasteiger partial charge on any atom is -0.467 e. The number of esters is 2. The zero-order chi connectivity index (χ0) is 40.2. The summed E-state index contributed by atoms with van der Waals surface area (Å²) in [6.45, 7) is 4.32. The molecule has 13 nitrogen and oxygen atoms in total. The number of hydrazine groups is 2. The fraction of sp³-hybridized carbons (Fsp3) is 0.278. The minimum absolute atomic E-state index is 0.00758. The van der Waals surface area contributed by atoms with Crippen molar-refractivity contribution < 1.29 is 44.3 Å². The highest BCUT2D eigenvalue weighted by atomic mass is 79.9. The van der Waals surface area contributed by atoms with Crippen molar-refractivity contribution in [2.75, 3.05) is 26.8 Å². The first-order valence-electron chi connectivity index (χ1n) is 16.6. The van der Waals surface area contributed by atoms with Crippen molar-refractivity contribution in [1.29, 1.82) is 0 Å². The molecule has 0 bridgehead atoms. The van der Waals surface area contributed by atoms with Gasteiger partial charge in [0.1, 0.15) is 0 Å². The van der Waals surface area contributed by atoms with Crippen molar-refractivity contribution in [1.82, 2.24) is 15.4 Å². The van der Waals surface area contributed by atoms with Crippen LogP contribution in [-0.2, 0) is 32.2 Å². The lowest BCUT2D eigenvalue weighted by atomic mass is 9.81. The van der Waals surface area contributed by atoms with Crippen LogP contribution in [0.1, 0.15) is 18.1 Å². The van der Waals surface area contributed by atoms with Gasteiger partial charge in [-0.3, -0.25) is 11.2 Å². The molecule has 18 heteroatoms. The van der Waals surface area contributed by atoms with Crippen molar-refractivity contribution in [3.63, 3.8) is 0 Å².